The van der Waals surface area contributed by atoms with Crippen LogP contribution < -0.4 is 9.47 Å². The minimum Gasteiger partial charge on any atom is -0.496 e. The Morgan fingerprint density at radius 1 is 1.24 bits per heavy atom. The Kier molecular flexibility index (Phi) is 4.80. The van der Waals surface area contributed by atoms with Gasteiger partial charge in [-0.2, -0.15) is 0 Å². The zero-order chi connectivity index (χ0) is 15.4. The van der Waals surface area contributed by atoms with Crippen molar-refractivity contribution in [1.29, 1.82) is 0 Å². The fourth-order valence-corrected chi connectivity index (χ4v) is 2.15. The van der Waals surface area contributed by atoms with Crippen molar-refractivity contribution in [1.82, 2.24) is 0 Å². The molecule has 0 aliphatic heterocycles. The minimum absolute atomic E-state index is 0.00231. The SMILES string of the molecule is COc1ccc(F)cc1COc1cc(Br)ccc1C(=O)O. The second kappa shape index (κ2) is 6.58. The number of carboxylic acids is 1. The number of ether oxygens (including phenoxy) is 2. The van der Waals surface area contributed by atoms with Gasteiger partial charge in [-0.3, -0.25) is 0 Å². The number of hydrogen-bond acceptors (Lipinski definition) is 3. The van der Waals surface area contributed by atoms with Gasteiger partial charge in [-0.1, -0.05) is 15.9 Å². The highest BCUT2D eigenvalue weighted by Crippen LogP contribution is 2.26. The number of carboxylic acid groups (broad SMARTS) is 1. The van der Waals surface area contributed by atoms with Crippen LogP contribution in [0.2, 0.25) is 0 Å². The fourth-order valence-electron chi connectivity index (χ4n) is 1.81. The van der Waals surface area contributed by atoms with Gasteiger partial charge in [0.15, 0.2) is 0 Å². The summed E-state index contributed by atoms with van der Waals surface area (Å²) < 4.78 is 24.6. The summed E-state index contributed by atoms with van der Waals surface area (Å²) in [5, 5.41) is 9.12. The number of aromatic carboxylic acids is 1. The first-order valence-electron chi connectivity index (χ1n) is 5.99. The number of hydrogen-bond donors (Lipinski definition) is 1. The number of methoxy groups -OCH3 is 1. The maximum Gasteiger partial charge on any atom is 0.339 e. The zero-order valence-electron chi connectivity index (χ0n) is 11.1. The second-order valence-corrected chi connectivity index (χ2v) is 5.11. The molecular formula is C15H12BrFO4. The molecule has 0 saturated heterocycles. The lowest BCUT2D eigenvalue weighted by atomic mass is 10.2. The smallest absolute Gasteiger partial charge is 0.339 e. The highest BCUT2D eigenvalue weighted by atomic mass is 79.9. The average Bonchev–Trinajstić information content (AvgIpc) is 2.45. The Morgan fingerprint density at radius 2 is 2.00 bits per heavy atom. The van der Waals surface area contributed by atoms with Crippen molar-refractivity contribution >= 4 is 21.9 Å². The van der Waals surface area contributed by atoms with Crippen LogP contribution >= 0.6 is 15.9 Å². The molecule has 0 aliphatic carbocycles. The van der Waals surface area contributed by atoms with Crippen molar-refractivity contribution in [2.24, 2.45) is 0 Å². The topological polar surface area (TPSA) is 55.8 Å². The van der Waals surface area contributed by atoms with Gasteiger partial charge in [0.05, 0.1) is 7.11 Å². The number of carbonyl (C=O) groups is 1. The maximum atomic E-state index is 13.3. The first kappa shape index (κ1) is 15.3. The third-order valence-electron chi connectivity index (χ3n) is 2.80. The molecule has 0 atom stereocenters. The molecule has 6 heteroatoms. The van der Waals surface area contributed by atoms with E-state index < -0.39 is 11.8 Å². The lowest BCUT2D eigenvalue weighted by Crippen LogP contribution is -2.04. The van der Waals surface area contributed by atoms with E-state index in [4.69, 9.17) is 14.6 Å². The molecule has 1 N–H and O–H groups in total. The quantitative estimate of drug-likeness (QED) is 0.885. The van der Waals surface area contributed by atoms with Crippen molar-refractivity contribution in [2.45, 2.75) is 6.61 Å². The summed E-state index contributed by atoms with van der Waals surface area (Å²) in [6, 6.07) is 8.66. The van der Waals surface area contributed by atoms with Crippen LogP contribution in [0.15, 0.2) is 40.9 Å². The molecule has 2 aromatic carbocycles. The third-order valence-corrected chi connectivity index (χ3v) is 3.29. The summed E-state index contributed by atoms with van der Waals surface area (Å²) >= 11 is 3.25. The van der Waals surface area contributed by atoms with Crippen LogP contribution in [0.5, 0.6) is 11.5 Å². The molecule has 0 heterocycles. The van der Waals surface area contributed by atoms with Crippen molar-refractivity contribution in [3.8, 4) is 11.5 Å². The molecular weight excluding hydrogens is 343 g/mol. The lowest BCUT2D eigenvalue weighted by Gasteiger charge is -2.12. The molecule has 110 valence electrons. The van der Waals surface area contributed by atoms with E-state index in [1.807, 2.05) is 0 Å². The summed E-state index contributed by atoms with van der Waals surface area (Å²) in [7, 11) is 1.47. The lowest BCUT2D eigenvalue weighted by molar-refractivity contribution is 0.0691. The van der Waals surface area contributed by atoms with E-state index in [1.54, 1.807) is 12.1 Å². The molecule has 0 spiro atoms. The second-order valence-electron chi connectivity index (χ2n) is 4.19. The zero-order valence-corrected chi connectivity index (χ0v) is 12.7. The van der Waals surface area contributed by atoms with E-state index in [0.29, 0.717) is 15.8 Å². The molecule has 0 unspecified atom stereocenters. The highest BCUT2D eigenvalue weighted by molar-refractivity contribution is 9.10. The molecule has 2 rings (SSSR count). The van der Waals surface area contributed by atoms with E-state index >= 15 is 0 Å². The normalized spacial score (nSPS) is 10.2. The van der Waals surface area contributed by atoms with E-state index in [-0.39, 0.29) is 17.9 Å². The minimum atomic E-state index is -1.09. The Bertz CT molecular complexity index is 673. The van der Waals surface area contributed by atoms with Crippen molar-refractivity contribution in [3.05, 3.63) is 57.8 Å². The van der Waals surface area contributed by atoms with Crippen LogP contribution in [0.3, 0.4) is 0 Å². The molecule has 0 radical (unpaired) electrons. The van der Waals surface area contributed by atoms with E-state index in [0.717, 1.165) is 0 Å². The van der Waals surface area contributed by atoms with Crippen molar-refractivity contribution in [2.75, 3.05) is 7.11 Å². The molecule has 0 fully saturated rings. The van der Waals surface area contributed by atoms with Gasteiger partial charge in [-0.15, -0.1) is 0 Å². The van der Waals surface area contributed by atoms with Gasteiger partial charge >= 0.3 is 5.97 Å². The summed E-state index contributed by atoms with van der Waals surface area (Å²) in [6.45, 7) is -0.00231. The Balaban J connectivity index is 2.26. The summed E-state index contributed by atoms with van der Waals surface area (Å²) in [5.74, 6) is -0.836. The van der Waals surface area contributed by atoms with Gasteiger partial charge < -0.3 is 14.6 Å². The number of halogens is 2. The van der Waals surface area contributed by atoms with Crippen LogP contribution in [0.1, 0.15) is 15.9 Å². The molecule has 2 aromatic rings. The first-order chi connectivity index (χ1) is 10.0. The van der Waals surface area contributed by atoms with Crippen LogP contribution in [-0.4, -0.2) is 18.2 Å². The maximum absolute atomic E-state index is 13.3. The molecule has 4 nitrogen and oxygen atoms in total. The van der Waals surface area contributed by atoms with Crippen LogP contribution in [0.4, 0.5) is 4.39 Å². The van der Waals surface area contributed by atoms with Crippen LogP contribution in [-0.2, 0) is 6.61 Å². The van der Waals surface area contributed by atoms with Gasteiger partial charge in [-0.05, 0) is 36.4 Å². The third kappa shape index (κ3) is 3.72. The van der Waals surface area contributed by atoms with E-state index in [1.165, 1.54) is 31.4 Å². The van der Waals surface area contributed by atoms with Crippen LogP contribution in [0, 0.1) is 5.82 Å². The van der Waals surface area contributed by atoms with E-state index in [2.05, 4.69) is 15.9 Å². The van der Waals surface area contributed by atoms with Gasteiger partial charge in [0, 0.05) is 10.0 Å². The van der Waals surface area contributed by atoms with Gasteiger partial charge in [0.1, 0.15) is 29.5 Å². The highest BCUT2D eigenvalue weighted by Gasteiger charge is 2.13. The van der Waals surface area contributed by atoms with Gasteiger partial charge in [0.25, 0.3) is 0 Å². The Morgan fingerprint density at radius 3 is 2.67 bits per heavy atom. The Labute approximate surface area is 129 Å². The van der Waals surface area contributed by atoms with E-state index in [9.17, 15) is 9.18 Å². The summed E-state index contributed by atoms with van der Waals surface area (Å²) in [4.78, 5) is 11.1. The molecule has 0 aliphatic rings. The molecule has 21 heavy (non-hydrogen) atoms. The molecule has 0 amide bonds. The number of rotatable bonds is 5. The van der Waals surface area contributed by atoms with Gasteiger partial charge in [0.2, 0.25) is 0 Å². The standard InChI is InChI=1S/C15H12BrFO4/c1-20-13-5-3-11(17)6-9(13)8-21-14-7-10(16)2-4-12(14)15(18)19/h2-7H,8H2,1H3,(H,18,19). The van der Waals surface area contributed by atoms with Gasteiger partial charge in [-0.25, -0.2) is 9.18 Å². The molecule has 0 saturated carbocycles. The average molecular weight is 355 g/mol. The predicted molar refractivity (Wildman–Crippen MR) is 78.4 cm³/mol. The summed E-state index contributed by atoms with van der Waals surface area (Å²) in [5.41, 5.74) is 0.530. The Hall–Kier alpha value is -2.08. The largest absolute Gasteiger partial charge is 0.496 e. The number of benzene rings is 2. The molecule has 0 aromatic heterocycles. The fraction of sp³-hybridized carbons (Fsp3) is 0.133. The predicted octanol–water partition coefficient (Wildman–Crippen LogP) is 3.87. The van der Waals surface area contributed by atoms with Crippen molar-refractivity contribution in [3.63, 3.8) is 0 Å². The van der Waals surface area contributed by atoms with Crippen LogP contribution in [0.25, 0.3) is 0 Å². The van der Waals surface area contributed by atoms with Crippen molar-refractivity contribution < 1.29 is 23.8 Å². The first-order valence-corrected chi connectivity index (χ1v) is 6.78. The molecule has 0 bridgehead atoms. The summed E-state index contributed by atoms with van der Waals surface area (Å²) in [6.07, 6.45) is 0. The monoisotopic (exact) mass is 354 g/mol.